The maximum Gasteiger partial charge on any atom is 0.0709 e. The van der Waals surface area contributed by atoms with E-state index in [1.807, 2.05) is 0 Å². The predicted octanol–water partition coefficient (Wildman–Crippen LogP) is 10.4. The molecule has 0 atom stereocenters. The first kappa shape index (κ1) is 22.5. The van der Waals surface area contributed by atoms with Crippen LogP contribution in [0.4, 0.5) is 0 Å². The Morgan fingerprint density at radius 2 is 1.19 bits per heavy atom. The minimum absolute atomic E-state index is 0.321. The van der Waals surface area contributed by atoms with Gasteiger partial charge in [-0.25, -0.2) is 0 Å². The maximum atomic E-state index is 2.58. The van der Waals surface area contributed by atoms with Crippen molar-refractivity contribution < 1.29 is 0 Å². The topological polar surface area (TPSA) is 4.93 Å². The van der Waals surface area contributed by atoms with E-state index in [0.717, 1.165) is 12.8 Å². The van der Waals surface area contributed by atoms with Gasteiger partial charge < -0.3 is 4.57 Å². The molecule has 0 N–H and O–H groups in total. The number of nitrogens with zero attached hydrogens (tertiary/aromatic N) is 1. The molecule has 1 heteroatoms. The molecule has 6 aromatic carbocycles. The van der Waals surface area contributed by atoms with Gasteiger partial charge in [0.2, 0.25) is 0 Å². The molecule has 196 valence electrons. The Morgan fingerprint density at radius 3 is 2.00 bits per heavy atom. The van der Waals surface area contributed by atoms with Crippen LogP contribution < -0.4 is 0 Å². The van der Waals surface area contributed by atoms with Crippen LogP contribution in [0, 0.1) is 0 Å². The van der Waals surface area contributed by atoms with E-state index < -0.39 is 0 Å². The smallest absolute Gasteiger partial charge is 0.0709 e. The number of para-hydroxylation sites is 1. The number of allylic oxidation sites excluding steroid dienone is 4. The Hall–Kier alpha value is -5.14. The highest BCUT2D eigenvalue weighted by Crippen LogP contribution is 2.65. The van der Waals surface area contributed by atoms with E-state index in [1.165, 1.54) is 77.2 Å². The summed E-state index contributed by atoms with van der Waals surface area (Å²) in [5, 5.41) is 5.20. The molecule has 1 aromatic heterocycles. The van der Waals surface area contributed by atoms with E-state index >= 15 is 0 Å². The molecular formula is C41H27N. The van der Waals surface area contributed by atoms with Gasteiger partial charge in [0.25, 0.3) is 0 Å². The monoisotopic (exact) mass is 533 g/mol. The standard InChI is InChI=1S/C41H27N/c1-2-13-27(14-3-1)42-39-28-15-5-4-12-26(28)22-23-33(39)34-25-24-32-31-18-8-11-21-37(31)41(38(32)40(34)42)35-19-9-6-16-29(35)30-17-7-10-20-36(30)41/h1-10,12-20,22-25H,11,21H2. The van der Waals surface area contributed by atoms with Crippen molar-refractivity contribution in [1.29, 1.82) is 0 Å². The molecule has 3 aliphatic rings. The number of aromatic nitrogens is 1. The molecule has 0 fully saturated rings. The molecule has 1 spiro atoms. The van der Waals surface area contributed by atoms with Crippen LogP contribution in [0.5, 0.6) is 0 Å². The summed E-state index contributed by atoms with van der Waals surface area (Å²) in [6, 6.07) is 47.7. The van der Waals surface area contributed by atoms with Crippen molar-refractivity contribution in [3.05, 3.63) is 167 Å². The summed E-state index contributed by atoms with van der Waals surface area (Å²) in [5.74, 6) is 0. The Kier molecular flexibility index (Phi) is 4.29. The number of hydrogen-bond donors (Lipinski definition) is 0. The van der Waals surface area contributed by atoms with Crippen LogP contribution in [0.2, 0.25) is 0 Å². The molecule has 10 rings (SSSR count). The largest absolute Gasteiger partial charge is 0.308 e. The number of fused-ring (bicyclic) bond motifs is 15. The predicted molar refractivity (Wildman–Crippen MR) is 175 cm³/mol. The lowest BCUT2D eigenvalue weighted by molar-refractivity contribution is 0.717. The Labute approximate surface area is 244 Å². The van der Waals surface area contributed by atoms with E-state index in [-0.39, 0.29) is 5.41 Å². The first-order valence-electron chi connectivity index (χ1n) is 15.0. The normalized spacial score (nSPS) is 15.9. The number of benzene rings is 6. The second-order valence-corrected chi connectivity index (χ2v) is 11.9. The summed E-state index contributed by atoms with van der Waals surface area (Å²) in [6.45, 7) is 0. The molecule has 0 amide bonds. The van der Waals surface area contributed by atoms with Crippen LogP contribution in [-0.2, 0) is 5.41 Å². The fraction of sp³-hybridized carbons (Fsp3) is 0.0732. The van der Waals surface area contributed by atoms with Gasteiger partial charge in [0.15, 0.2) is 0 Å². The number of hydrogen-bond acceptors (Lipinski definition) is 0. The third-order valence-corrected chi connectivity index (χ3v) is 10.1. The van der Waals surface area contributed by atoms with E-state index in [9.17, 15) is 0 Å². The molecule has 0 bridgehead atoms. The molecule has 0 unspecified atom stereocenters. The summed E-state index contributed by atoms with van der Waals surface area (Å²) in [7, 11) is 0. The molecule has 1 heterocycles. The lowest BCUT2D eigenvalue weighted by Crippen LogP contribution is -2.28. The molecule has 0 saturated heterocycles. The molecule has 0 radical (unpaired) electrons. The van der Waals surface area contributed by atoms with E-state index in [0.29, 0.717) is 0 Å². The van der Waals surface area contributed by atoms with Crippen molar-refractivity contribution in [2.45, 2.75) is 18.3 Å². The molecule has 0 aliphatic heterocycles. The summed E-state index contributed by atoms with van der Waals surface area (Å²) < 4.78 is 2.58. The zero-order valence-electron chi connectivity index (χ0n) is 23.1. The fourth-order valence-electron chi connectivity index (χ4n) is 8.59. The summed E-state index contributed by atoms with van der Waals surface area (Å²) in [5.41, 5.74) is 14.9. The Bertz CT molecular complexity index is 2300. The third-order valence-electron chi connectivity index (χ3n) is 10.1. The minimum Gasteiger partial charge on any atom is -0.308 e. The minimum atomic E-state index is -0.321. The summed E-state index contributed by atoms with van der Waals surface area (Å²) >= 11 is 0. The van der Waals surface area contributed by atoms with Crippen molar-refractivity contribution in [3.63, 3.8) is 0 Å². The zero-order valence-corrected chi connectivity index (χ0v) is 23.1. The van der Waals surface area contributed by atoms with Crippen LogP contribution >= 0.6 is 0 Å². The molecule has 42 heavy (non-hydrogen) atoms. The van der Waals surface area contributed by atoms with Crippen LogP contribution in [0.15, 0.2) is 145 Å². The molecule has 3 aliphatic carbocycles. The lowest BCUT2D eigenvalue weighted by atomic mass is 9.67. The van der Waals surface area contributed by atoms with E-state index in [4.69, 9.17) is 0 Å². The van der Waals surface area contributed by atoms with Gasteiger partial charge in [-0.2, -0.15) is 0 Å². The second-order valence-electron chi connectivity index (χ2n) is 11.9. The fourth-order valence-corrected chi connectivity index (χ4v) is 8.59. The Balaban J connectivity index is 1.49. The van der Waals surface area contributed by atoms with Gasteiger partial charge in [0, 0.05) is 27.4 Å². The van der Waals surface area contributed by atoms with Gasteiger partial charge in [0.05, 0.1) is 16.4 Å². The van der Waals surface area contributed by atoms with Gasteiger partial charge in [-0.05, 0) is 69.3 Å². The van der Waals surface area contributed by atoms with Gasteiger partial charge in [-0.15, -0.1) is 0 Å². The summed E-state index contributed by atoms with van der Waals surface area (Å²) in [6.07, 6.45) is 6.93. The highest BCUT2D eigenvalue weighted by molar-refractivity contribution is 6.21. The molecule has 1 nitrogen and oxygen atoms in total. The molecule has 7 aromatic rings. The quantitative estimate of drug-likeness (QED) is 0.198. The molecule has 0 saturated carbocycles. The van der Waals surface area contributed by atoms with Gasteiger partial charge in [-0.1, -0.05) is 127 Å². The first-order valence-corrected chi connectivity index (χ1v) is 15.0. The van der Waals surface area contributed by atoms with Crippen LogP contribution in [0.3, 0.4) is 0 Å². The van der Waals surface area contributed by atoms with Crippen molar-refractivity contribution >= 4 is 38.2 Å². The molecular weight excluding hydrogens is 506 g/mol. The zero-order chi connectivity index (χ0) is 27.4. The average Bonchev–Trinajstić information content (AvgIpc) is 3.67. The van der Waals surface area contributed by atoms with Crippen LogP contribution in [0.25, 0.3) is 55.0 Å². The van der Waals surface area contributed by atoms with Gasteiger partial charge in [0.1, 0.15) is 0 Å². The van der Waals surface area contributed by atoms with E-state index in [1.54, 1.807) is 5.57 Å². The average molecular weight is 534 g/mol. The van der Waals surface area contributed by atoms with Gasteiger partial charge in [-0.3, -0.25) is 0 Å². The number of rotatable bonds is 1. The van der Waals surface area contributed by atoms with Crippen molar-refractivity contribution in [2.24, 2.45) is 0 Å². The lowest BCUT2D eigenvalue weighted by Gasteiger charge is -2.34. The second kappa shape index (κ2) is 7.99. The van der Waals surface area contributed by atoms with Crippen molar-refractivity contribution in [3.8, 4) is 16.8 Å². The SMILES string of the molecule is C1=CC2=C(CC1)C1(c3ccccc3-c3ccccc31)c1c2ccc2c3ccc4ccccc4c3n(-c3ccccc3)c12. The van der Waals surface area contributed by atoms with Gasteiger partial charge >= 0.3 is 0 Å². The highest BCUT2D eigenvalue weighted by atomic mass is 15.0. The van der Waals surface area contributed by atoms with Crippen LogP contribution in [-0.4, -0.2) is 4.57 Å². The Morgan fingerprint density at radius 1 is 0.524 bits per heavy atom. The summed E-state index contributed by atoms with van der Waals surface area (Å²) in [4.78, 5) is 0. The first-order chi connectivity index (χ1) is 20.9. The third kappa shape index (κ3) is 2.56. The highest BCUT2D eigenvalue weighted by Gasteiger charge is 2.53. The van der Waals surface area contributed by atoms with Crippen LogP contribution in [0.1, 0.15) is 35.1 Å². The van der Waals surface area contributed by atoms with E-state index in [2.05, 4.69) is 144 Å². The maximum absolute atomic E-state index is 2.58. The van der Waals surface area contributed by atoms with Crippen molar-refractivity contribution in [1.82, 2.24) is 4.57 Å². The van der Waals surface area contributed by atoms with Crippen molar-refractivity contribution in [2.75, 3.05) is 0 Å².